The molecule has 2 atom stereocenters. The lowest BCUT2D eigenvalue weighted by Crippen LogP contribution is -2.36. The fraction of sp³-hybridized carbons (Fsp3) is 0.417. The van der Waals surface area contributed by atoms with Gasteiger partial charge in [-0.2, -0.15) is 8.78 Å². The Kier molecular flexibility index (Phi) is 8.98. The molecule has 0 aromatic heterocycles. The van der Waals surface area contributed by atoms with Crippen LogP contribution in [0.1, 0.15) is 44.1 Å². The quantitative estimate of drug-likeness (QED) is 0.0908. The van der Waals surface area contributed by atoms with E-state index in [0.29, 0.717) is 6.41 Å². The number of hydrogen-bond acceptors (Lipinski definition) is 4. The average molecular weight is 485 g/mol. The number of ether oxygens (including phenoxy) is 2. The fourth-order valence-electron chi connectivity index (χ4n) is 4.08. The predicted molar refractivity (Wildman–Crippen MR) is 111 cm³/mol. The molecule has 2 aromatic carbocycles. The van der Waals surface area contributed by atoms with E-state index >= 15 is 0 Å². The largest absolute Gasteiger partial charge is 0.420 e. The van der Waals surface area contributed by atoms with Crippen LogP contribution in [0.5, 0.6) is 5.75 Å². The van der Waals surface area contributed by atoms with Gasteiger partial charge in [-0.05, 0) is 17.9 Å². The second kappa shape index (κ2) is 11.9. The molecule has 34 heavy (non-hydrogen) atoms. The average Bonchev–Trinajstić information content (AvgIpc) is 3.36. The molecule has 1 N–H and O–H groups in total. The maximum Gasteiger partial charge on any atom is 0.314 e. The summed E-state index contributed by atoms with van der Waals surface area (Å²) in [7, 11) is 0. The number of hydrogen-bond donors (Lipinski definition) is 1. The van der Waals surface area contributed by atoms with Gasteiger partial charge in [-0.25, -0.2) is 13.2 Å². The molecule has 1 fully saturated rings. The Labute approximate surface area is 193 Å². The van der Waals surface area contributed by atoms with Crippen molar-refractivity contribution >= 4 is 12.4 Å². The van der Waals surface area contributed by atoms with Crippen molar-refractivity contribution in [1.29, 1.82) is 0 Å². The number of nitrogens with one attached hydrogen (secondary N) is 1. The molecule has 5 nitrogen and oxygen atoms in total. The molecule has 2 aromatic rings. The summed E-state index contributed by atoms with van der Waals surface area (Å²) in [5.74, 6) is -15.0. The summed E-state index contributed by atoms with van der Waals surface area (Å²) in [6.45, 7) is 0.106. The highest BCUT2D eigenvalue weighted by Gasteiger charge is 2.33. The molecule has 0 bridgehead atoms. The van der Waals surface area contributed by atoms with E-state index < -0.39 is 53.0 Å². The zero-order valence-corrected chi connectivity index (χ0v) is 18.2. The van der Waals surface area contributed by atoms with Crippen LogP contribution in [0.25, 0.3) is 0 Å². The summed E-state index contributed by atoms with van der Waals surface area (Å²) < 4.78 is 78.9. The number of benzene rings is 2. The number of carbonyl (C=O) groups excluding carboxylic acids is 2. The lowest BCUT2D eigenvalue weighted by Gasteiger charge is -2.24. The van der Waals surface area contributed by atoms with Crippen molar-refractivity contribution in [1.82, 2.24) is 5.32 Å². The first-order chi connectivity index (χ1) is 16.3. The monoisotopic (exact) mass is 485 g/mol. The van der Waals surface area contributed by atoms with E-state index in [1.54, 1.807) is 24.3 Å². The normalized spacial score (nSPS) is 15.7. The second-order valence-corrected chi connectivity index (χ2v) is 8.21. The molecule has 0 aliphatic heterocycles. The van der Waals surface area contributed by atoms with Gasteiger partial charge in [-0.15, -0.1) is 0 Å². The molecule has 184 valence electrons. The summed E-state index contributed by atoms with van der Waals surface area (Å²) in [5, 5.41) is 2.45. The summed E-state index contributed by atoms with van der Waals surface area (Å²) in [6, 6.07) is 9.00. The number of halogens is 5. The van der Waals surface area contributed by atoms with Gasteiger partial charge < -0.3 is 14.8 Å². The third kappa shape index (κ3) is 6.31. The summed E-state index contributed by atoms with van der Waals surface area (Å²) in [4.78, 5) is 23.9. The molecule has 0 radical (unpaired) electrons. The number of rotatable bonds is 11. The molecule has 0 spiro atoms. The smallest absolute Gasteiger partial charge is 0.314 e. The third-order valence-electron chi connectivity index (χ3n) is 5.84. The lowest BCUT2D eigenvalue weighted by atomic mass is 9.90. The molecule has 3 rings (SSSR count). The molecule has 0 heterocycles. The Morgan fingerprint density at radius 1 is 0.971 bits per heavy atom. The first-order valence-corrected chi connectivity index (χ1v) is 10.9. The van der Waals surface area contributed by atoms with Gasteiger partial charge in [0.05, 0.1) is 12.5 Å². The van der Waals surface area contributed by atoms with Crippen LogP contribution >= 0.6 is 0 Å². The van der Waals surface area contributed by atoms with Crippen LogP contribution in [0.2, 0.25) is 0 Å². The Hall–Kier alpha value is -3.01. The molecule has 1 aliphatic carbocycles. The molecule has 1 unspecified atom stereocenters. The number of amides is 1. The summed E-state index contributed by atoms with van der Waals surface area (Å²) >= 11 is 0. The van der Waals surface area contributed by atoms with E-state index in [4.69, 9.17) is 9.47 Å². The second-order valence-electron chi connectivity index (χ2n) is 8.21. The SMILES string of the molecule is O=CNC(C[C@@H](CC1CCCC1)C(=O)Oc1c(F)c(F)c(F)c(F)c1F)OCc1ccccc1. The van der Waals surface area contributed by atoms with Gasteiger partial charge in [0.2, 0.25) is 41.2 Å². The molecule has 1 aliphatic rings. The van der Waals surface area contributed by atoms with Gasteiger partial charge in [0.25, 0.3) is 0 Å². The van der Waals surface area contributed by atoms with E-state index in [1.807, 2.05) is 6.07 Å². The standard InChI is InChI=1S/C24H24F5NO4/c25-18-19(26)21(28)23(22(29)20(18)27)34-24(32)16(10-14-6-4-5-7-14)11-17(30-13-31)33-12-15-8-2-1-3-9-15/h1-3,8-9,13-14,16-17H,4-7,10-12H2,(H,30,31)/t16-,17?/m1/s1. The van der Waals surface area contributed by atoms with E-state index in [1.165, 1.54) is 0 Å². The van der Waals surface area contributed by atoms with Crippen molar-refractivity contribution in [2.75, 3.05) is 0 Å². The van der Waals surface area contributed by atoms with E-state index in [2.05, 4.69) is 5.32 Å². The van der Waals surface area contributed by atoms with Crippen molar-refractivity contribution in [3.05, 3.63) is 65.0 Å². The maximum absolute atomic E-state index is 14.0. The first-order valence-electron chi connectivity index (χ1n) is 10.9. The zero-order valence-electron chi connectivity index (χ0n) is 18.2. The summed E-state index contributed by atoms with van der Waals surface area (Å²) in [6.07, 6.45) is 3.11. The van der Waals surface area contributed by atoms with Gasteiger partial charge in [0.1, 0.15) is 6.23 Å². The van der Waals surface area contributed by atoms with Crippen LogP contribution < -0.4 is 10.1 Å². The highest BCUT2D eigenvalue weighted by Crippen LogP contribution is 2.34. The van der Waals surface area contributed by atoms with E-state index in [-0.39, 0.29) is 25.4 Å². The lowest BCUT2D eigenvalue weighted by molar-refractivity contribution is -0.142. The van der Waals surface area contributed by atoms with Gasteiger partial charge in [0, 0.05) is 6.42 Å². The number of carbonyl (C=O) groups is 2. The zero-order chi connectivity index (χ0) is 24.7. The minimum Gasteiger partial charge on any atom is -0.420 e. The maximum atomic E-state index is 14.0. The molecule has 1 amide bonds. The minimum atomic E-state index is -2.35. The van der Waals surface area contributed by atoms with Gasteiger partial charge in [0.15, 0.2) is 0 Å². The Morgan fingerprint density at radius 2 is 1.56 bits per heavy atom. The van der Waals surface area contributed by atoms with Gasteiger partial charge in [-0.1, -0.05) is 56.0 Å². The Bertz CT molecular complexity index is 970. The summed E-state index contributed by atoms with van der Waals surface area (Å²) in [5.41, 5.74) is 0.802. The topological polar surface area (TPSA) is 64.6 Å². The van der Waals surface area contributed by atoms with Crippen LogP contribution in [0.3, 0.4) is 0 Å². The highest BCUT2D eigenvalue weighted by atomic mass is 19.2. The number of esters is 1. The van der Waals surface area contributed by atoms with Crippen LogP contribution in [0.4, 0.5) is 22.0 Å². The molecule has 1 saturated carbocycles. The molecule has 0 saturated heterocycles. The first kappa shape index (κ1) is 25.6. The van der Waals surface area contributed by atoms with Crippen molar-refractivity contribution < 1.29 is 41.0 Å². The predicted octanol–water partition coefficient (Wildman–Crippen LogP) is 5.16. The van der Waals surface area contributed by atoms with Crippen LogP contribution in [-0.4, -0.2) is 18.6 Å². The van der Waals surface area contributed by atoms with Gasteiger partial charge >= 0.3 is 5.97 Å². The fourth-order valence-corrected chi connectivity index (χ4v) is 4.08. The highest BCUT2D eigenvalue weighted by molar-refractivity contribution is 5.75. The van der Waals surface area contributed by atoms with Crippen molar-refractivity contribution in [3.8, 4) is 5.75 Å². The van der Waals surface area contributed by atoms with Crippen LogP contribution in [-0.2, 0) is 20.9 Å². The van der Waals surface area contributed by atoms with E-state index in [9.17, 15) is 31.5 Å². The van der Waals surface area contributed by atoms with Crippen molar-refractivity contribution in [2.45, 2.75) is 51.4 Å². The van der Waals surface area contributed by atoms with Gasteiger partial charge in [-0.3, -0.25) is 9.59 Å². The molecular weight excluding hydrogens is 461 g/mol. The van der Waals surface area contributed by atoms with Crippen molar-refractivity contribution in [3.63, 3.8) is 0 Å². The Morgan fingerprint density at radius 3 is 2.15 bits per heavy atom. The van der Waals surface area contributed by atoms with Crippen molar-refractivity contribution in [2.24, 2.45) is 11.8 Å². The van der Waals surface area contributed by atoms with E-state index in [0.717, 1.165) is 31.2 Å². The third-order valence-corrected chi connectivity index (χ3v) is 5.84. The molecule has 10 heteroatoms. The minimum absolute atomic E-state index is 0.106. The van der Waals surface area contributed by atoms with Crippen LogP contribution in [0.15, 0.2) is 30.3 Å². The molecular formula is C24H24F5NO4. The Balaban J connectivity index is 1.79. The van der Waals surface area contributed by atoms with Crippen LogP contribution in [0, 0.1) is 40.9 Å².